The van der Waals surface area contributed by atoms with Gasteiger partial charge in [0.15, 0.2) is 0 Å². The summed E-state index contributed by atoms with van der Waals surface area (Å²) in [4.78, 5) is 1.19. The van der Waals surface area contributed by atoms with Crippen LogP contribution < -0.4 is 5.32 Å². The second kappa shape index (κ2) is 6.26. The van der Waals surface area contributed by atoms with E-state index in [9.17, 15) is 5.11 Å². The maximum Gasteiger partial charge on any atom is 0.102 e. The quantitative estimate of drug-likeness (QED) is 0.861. The van der Waals surface area contributed by atoms with Crippen LogP contribution in [0.5, 0.6) is 0 Å². The first-order chi connectivity index (χ1) is 9.42. The summed E-state index contributed by atoms with van der Waals surface area (Å²) in [5.41, 5.74) is -0.130. The lowest BCUT2D eigenvalue weighted by Gasteiger charge is -2.25. The van der Waals surface area contributed by atoms with Crippen LogP contribution in [0.3, 0.4) is 0 Å². The van der Waals surface area contributed by atoms with Gasteiger partial charge >= 0.3 is 0 Å². The van der Waals surface area contributed by atoms with Gasteiger partial charge in [-0.25, -0.2) is 0 Å². The molecule has 0 aliphatic heterocycles. The average Bonchev–Trinajstić information content (AvgIpc) is 2.99. The van der Waals surface area contributed by atoms with Gasteiger partial charge in [0.25, 0.3) is 0 Å². The summed E-state index contributed by atoms with van der Waals surface area (Å²) in [6.07, 6.45) is 4.48. The van der Waals surface area contributed by atoms with Crippen LogP contribution in [0, 0.1) is 0 Å². The molecular formula is C14H20ClN3OS. The normalized spacial score (nSPS) is 16.1. The maximum atomic E-state index is 10.6. The van der Waals surface area contributed by atoms with E-state index in [1.54, 1.807) is 29.1 Å². The van der Waals surface area contributed by atoms with Gasteiger partial charge in [-0.05, 0) is 25.5 Å². The molecule has 2 aromatic rings. The second-order valence-corrected chi connectivity index (χ2v) is 6.91. The Labute approximate surface area is 128 Å². The smallest absolute Gasteiger partial charge is 0.102 e. The van der Waals surface area contributed by atoms with E-state index in [-0.39, 0.29) is 6.04 Å². The number of nitrogens with zero attached hydrogens (tertiary/aromatic N) is 2. The summed E-state index contributed by atoms with van der Waals surface area (Å²) in [5, 5.41) is 18.1. The van der Waals surface area contributed by atoms with Crippen LogP contribution in [0.1, 0.15) is 36.8 Å². The Hall–Kier alpha value is -0.880. The third-order valence-corrected chi connectivity index (χ3v) is 4.71. The molecule has 0 aliphatic carbocycles. The number of halogens is 1. The lowest BCUT2D eigenvalue weighted by molar-refractivity contribution is 0.0536. The highest BCUT2D eigenvalue weighted by molar-refractivity contribution is 7.16. The third kappa shape index (κ3) is 3.61. The highest BCUT2D eigenvalue weighted by atomic mass is 35.5. The molecule has 2 rings (SSSR count). The number of hydrogen-bond acceptors (Lipinski definition) is 4. The summed E-state index contributed by atoms with van der Waals surface area (Å²) in [7, 11) is 1.84. The molecule has 110 valence electrons. The van der Waals surface area contributed by atoms with E-state index in [4.69, 9.17) is 11.6 Å². The SMILES string of the molecule is CCC(NCC(C)(O)c1cnn(C)c1)c1ccc(Cl)s1. The molecule has 2 N–H and O–H groups in total. The van der Waals surface area contributed by atoms with Gasteiger partial charge in [0.2, 0.25) is 0 Å². The van der Waals surface area contributed by atoms with E-state index in [2.05, 4.69) is 17.3 Å². The molecule has 0 radical (unpaired) electrons. The largest absolute Gasteiger partial charge is 0.384 e. The van der Waals surface area contributed by atoms with E-state index >= 15 is 0 Å². The number of aryl methyl sites for hydroxylation is 1. The number of hydrogen-bond donors (Lipinski definition) is 2. The Morgan fingerprint density at radius 2 is 2.30 bits per heavy atom. The second-order valence-electron chi connectivity index (χ2n) is 5.16. The van der Waals surface area contributed by atoms with Gasteiger partial charge in [0.05, 0.1) is 10.5 Å². The predicted octanol–water partition coefficient (Wildman–Crippen LogP) is 3.08. The molecule has 0 aliphatic rings. The van der Waals surface area contributed by atoms with E-state index in [1.807, 2.05) is 25.4 Å². The van der Waals surface area contributed by atoms with E-state index in [0.717, 1.165) is 16.3 Å². The molecule has 2 heterocycles. The van der Waals surface area contributed by atoms with Gasteiger partial charge in [0.1, 0.15) is 5.60 Å². The highest BCUT2D eigenvalue weighted by Gasteiger charge is 2.26. The van der Waals surface area contributed by atoms with Crippen LogP contribution in [0.4, 0.5) is 0 Å². The standard InChI is InChI=1S/C14H20ClN3OS/c1-4-11(12-5-6-13(15)20-12)16-9-14(2,19)10-7-17-18(3)8-10/h5-8,11,16,19H,4,9H2,1-3H3. The Bertz CT molecular complexity index is 564. The van der Waals surface area contributed by atoms with Crippen molar-refractivity contribution in [3.8, 4) is 0 Å². The number of rotatable bonds is 6. The van der Waals surface area contributed by atoms with Crippen LogP contribution in [0.2, 0.25) is 4.34 Å². The molecule has 0 aromatic carbocycles. The van der Waals surface area contributed by atoms with Gasteiger partial charge in [0, 0.05) is 36.3 Å². The molecule has 6 heteroatoms. The van der Waals surface area contributed by atoms with Crippen LogP contribution in [0.25, 0.3) is 0 Å². The highest BCUT2D eigenvalue weighted by Crippen LogP contribution is 2.29. The topological polar surface area (TPSA) is 50.1 Å². The molecular weight excluding hydrogens is 294 g/mol. The van der Waals surface area contributed by atoms with Gasteiger partial charge in [-0.3, -0.25) is 4.68 Å². The van der Waals surface area contributed by atoms with Crippen molar-refractivity contribution >= 4 is 22.9 Å². The van der Waals surface area contributed by atoms with Crippen LogP contribution in [-0.2, 0) is 12.6 Å². The fourth-order valence-electron chi connectivity index (χ4n) is 2.09. The molecule has 4 nitrogen and oxygen atoms in total. The molecule has 2 unspecified atom stereocenters. The molecule has 0 spiro atoms. The average molecular weight is 314 g/mol. The Balaban J connectivity index is 2.02. The number of aromatic nitrogens is 2. The monoisotopic (exact) mass is 313 g/mol. The van der Waals surface area contributed by atoms with Gasteiger partial charge < -0.3 is 10.4 Å². The first-order valence-corrected chi connectivity index (χ1v) is 7.82. The third-order valence-electron chi connectivity index (χ3n) is 3.37. The fourth-order valence-corrected chi connectivity index (χ4v) is 3.30. The van der Waals surface area contributed by atoms with Crippen LogP contribution in [0.15, 0.2) is 24.5 Å². The van der Waals surface area contributed by atoms with Gasteiger partial charge in [-0.15, -0.1) is 11.3 Å². The molecule has 20 heavy (non-hydrogen) atoms. The zero-order valence-electron chi connectivity index (χ0n) is 11.9. The number of thiophene rings is 1. The summed E-state index contributed by atoms with van der Waals surface area (Å²) >= 11 is 7.56. The molecule has 0 saturated carbocycles. The van der Waals surface area contributed by atoms with E-state index < -0.39 is 5.60 Å². The van der Waals surface area contributed by atoms with Crippen molar-refractivity contribution in [2.45, 2.75) is 31.9 Å². The number of nitrogens with one attached hydrogen (secondary N) is 1. The molecule has 0 bridgehead atoms. The lowest BCUT2D eigenvalue weighted by atomic mass is 9.99. The van der Waals surface area contributed by atoms with Crippen molar-refractivity contribution in [2.24, 2.45) is 7.05 Å². The minimum absolute atomic E-state index is 0.204. The van der Waals surface area contributed by atoms with Crippen LogP contribution in [-0.4, -0.2) is 21.4 Å². The lowest BCUT2D eigenvalue weighted by Crippen LogP contribution is -2.36. The van der Waals surface area contributed by atoms with E-state index in [1.165, 1.54) is 4.88 Å². The van der Waals surface area contributed by atoms with Crippen LogP contribution >= 0.6 is 22.9 Å². The minimum Gasteiger partial charge on any atom is -0.384 e. The van der Waals surface area contributed by atoms with E-state index in [0.29, 0.717) is 6.54 Å². The zero-order valence-corrected chi connectivity index (χ0v) is 13.5. The molecule has 0 amide bonds. The first kappa shape index (κ1) is 15.5. The Morgan fingerprint density at radius 1 is 1.55 bits per heavy atom. The summed E-state index contributed by atoms with van der Waals surface area (Å²) in [5.74, 6) is 0. The minimum atomic E-state index is -0.942. The molecule has 2 aromatic heterocycles. The van der Waals surface area contributed by atoms with Gasteiger partial charge in [-0.1, -0.05) is 18.5 Å². The fraction of sp³-hybridized carbons (Fsp3) is 0.500. The van der Waals surface area contributed by atoms with Crippen molar-refractivity contribution in [3.05, 3.63) is 39.3 Å². The Kier molecular flexibility index (Phi) is 4.86. The first-order valence-electron chi connectivity index (χ1n) is 6.62. The van der Waals surface area contributed by atoms with Crippen molar-refractivity contribution in [2.75, 3.05) is 6.54 Å². The van der Waals surface area contributed by atoms with Crippen molar-refractivity contribution in [1.29, 1.82) is 0 Å². The molecule has 2 atom stereocenters. The number of aliphatic hydroxyl groups is 1. The Morgan fingerprint density at radius 3 is 2.80 bits per heavy atom. The molecule has 0 fully saturated rings. The summed E-state index contributed by atoms with van der Waals surface area (Å²) < 4.78 is 2.49. The van der Waals surface area contributed by atoms with Crippen molar-refractivity contribution in [1.82, 2.24) is 15.1 Å². The zero-order chi connectivity index (χ0) is 14.8. The van der Waals surface area contributed by atoms with Crippen molar-refractivity contribution < 1.29 is 5.11 Å². The molecule has 0 saturated heterocycles. The summed E-state index contributed by atoms with van der Waals surface area (Å²) in [6, 6.07) is 4.15. The predicted molar refractivity (Wildman–Crippen MR) is 83.1 cm³/mol. The maximum absolute atomic E-state index is 10.6. The summed E-state index contributed by atoms with van der Waals surface area (Å²) in [6.45, 7) is 4.38. The van der Waals surface area contributed by atoms with Crippen molar-refractivity contribution in [3.63, 3.8) is 0 Å². The van der Waals surface area contributed by atoms with Gasteiger partial charge in [-0.2, -0.15) is 5.10 Å².